The monoisotopic (exact) mass is 255 g/mol. The number of aromatic nitrogens is 1. The lowest BCUT2D eigenvalue weighted by atomic mass is 10.1. The highest BCUT2D eigenvalue weighted by Gasteiger charge is 2.30. The highest BCUT2D eigenvalue weighted by Crippen LogP contribution is 2.31. The zero-order chi connectivity index (χ0) is 13.3. The Morgan fingerprint density at radius 1 is 1.17 bits per heavy atom. The fourth-order valence-corrected chi connectivity index (χ4v) is 1.97. The molecule has 0 spiro atoms. The van der Waals surface area contributed by atoms with Gasteiger partial charge in [-0.25, -0.2) is 0 Å². The summed E-state index contributed by atoms with van der Waals surface area (Å²) in [7, 11) is 0. The molecule has 0 fully saturated rings. The van der Waals surface area contributed by atoms with Crippen molar-refractivity contribution in [3.63, 3.8) is 0 Å². The SMILES string of the molecule is CC(C)CCn1ccc2cc(C(F)(F)F)ccc21. The second-order valence-corrected chi connectivity index (χ2v) is 4.96. The van der Waals surface area contributed by atoms with Gasteiger partial charge in [0.05, 0.1) is 5.56 Å². The summed E-state index contributed by atoms with van der Waals surface area (Å²) in [4.78, 5) is 0. The third-order valence-corrected chi connectivity index (χ3v) is 3.05. The van der Waals surface area contributed by atoms with Gasteiger partial charge in [0, 0.05) is 23.6 Å². The van der Waals surface area contributed by atoms with Crippen molar-refractivity contribution in [1.29, 1.82) is 0 Å². The molecule has 0 radical (unpaired) electrons. The van der Waals surface area contributed by atoms with E-state index in [9.17, 15) is 13.2 Å². The van der Waals surface area contributed by atoms with Crippen LogP contribution in [0.3, 0.4) is 0 Å². The molecule has 0 amide bonds. The van der Waals surface area contributed by atoms with Crippen LogP contribution in [0.1, 0.15) is 25.8 Å². The summed E-state index contributed by atoms with van der Waals surface area (Å²) in [6, 6.07) is 5.65. The third kappa shape index (κ3) is 2.68. The summed E-state index contributed by atoms with van der Waals surface area (Å²) >= 11 is 0. The largest absolute Gasteiger partial charge is 0.416 e. The minimum absolute atomic E-state index is 0.580. The Kier molecular flexibility index (Phi) is 3.37. The Morgan fingerprint density at radius 3 is 2.50 bits per heavy atom. The van der Waals surface area contributed by atoms with Crippen molar-refractivity contribution in [2.45, 2.75) is 33.0 Å². The van der Waals surface area contributed by atoms with Crippen LogP contribution in [-0.4, -0.2) is 4.57 Å². The molecule has 0 unspecified atom stereocenters. The van der Waals surface area contributed by atoms with E-state index in [1.165, 1.54) is 6.07 Å². The quantitative estimate of drug-likeness (QED) is 0.748. The van der Waals surface area contributed by atoms with E-state index in [0.717, 1.165) is 24.5 Å². The number of aryl methyl sites for hydroxylation is 1. The van der Waals surface area contributed by atoms with E-state index in [1.54, 1.807) is 12.1 Å². The van der Waals surface area contributed by atoms with E-state index in [0.29, 0.717) is 11.3 Å². The number of benzene rings is 1. The van der Waals surface area contributed by atoms with E-state index in [4.69, 9.17) is 0 Å². The normalized spacial score (nSPS) is 12.6. The van der Waals surface area contributed by atoms with E-state index in [-0.39, 0.29) is 0 Å². The van der Waals surface area contributed by atoms with Crippen LogP contribution < -0.4 is 0 Å². The maximum absolute atomic E-state index is 12.6. The molecule has 2 rings (SSSR count). The number of hydrogen-bond acceptors (Lipinski definition) is 0. The van der Waals surface area contributed by atoms with Crippen LogP contribution in [0.25, 0.3) is 10.9 Å². The fourth-order valence-electron chi connectivity index (χ4n) is 1.97. The topological polar surface area (TPSA) is 4.93 Å². The molecule has 4 heteroatoms. The summed E-state index contributed by atoms with van der Waals surface area (Å²) in [5.41, 5.74) is 0.278. The van der Waals surface area contributed by atoms with Crippen LogP contribution >= 0.6 is 0 Å². The van der Waals surface area contributed by atoms with Crippen molar-refractivity contribution in [3.05, 3.63) is 36.0 Å². The molecule has 98 valence electrons. The molecule has 0 aliphatic heterocycles. The number of rotatable bonds is 3. The van der Waals surface area contributed by atoms with Crippen LogP contribution in [0, 0.1) is 5.92 Å². The van der Waals surface area contributed by atoms with Gasteiger partial charge in [-0.3, -0.25) is 0 Å². The Labute approximate surface area is 104 Å². The predicted molar refractivity (Wildman–Crippen MR) is 66.4 cm³/mol. The van der Waals surface area contributed by atoms with E-state index < -0.39 is 11.7 Å². The fraction of sp³-hybridized carbons (Fsp3) is 0.429. The highest BCUT2D eigenvalue weighted by molar-refractivity contribution is 5.81. The Balaban J connectivity index is 2.32. The molecule has 0 atom stereocenters. The summed E-state index contributed by atoms with van der Waals surface area (Å²) in [5.74, 6) is 0.580. The number of nitrogens with zero attached hydrogens (tertiary/aromatic N) is 1. The third-order valence-electron chi connectivity index (χ3n) is 3.05. The Hall–Kier alpha value is -1.45. The number of hydrogen-bond donors (Lipinski definition) is 0. The van der Waals surface area contributed by atoms with Gasteiger partial charge < -0.3 is 4.57 Å². The first-order valence-electron chi connectivity index (χ1n) is 6.04. The van der Waals surface area contributed by atoms with Crippen molar-refractivity contribution < 1.29 is 13.2 Å². The Bertz CT molecular complexity index is 537. The molecule has 0 saturated heterocycles. The van der Waals surface area contributed by atoms with Crippen molar-refractivity contribution in [2.24, 2.45) is 5.92 Å². The van der Waals surface area contributed by atoms with Crippen molar-refractivity contribution in [2.75, 3.05) is 0 Å². The van der Waals surface area contributed by atoms with Gasteiger partial charge in [0.2, 0.25) is 0 Å². The molecular formula is C14H16F3N. The average molecular weight is 255 g/mol. The molecular weight excluding hydrogens is 239 g/mol. The predicted octanol–water partition coefficient (Wildman–Crippen LogP) is 4.71. The molecule has 0 aliphatic carbocycles. The smallest absolute Gasteiger partial charge is 0.347 e. The second-order valence-electron chi connectivity index (χ2n) is 4.96. The number of alkyl halides is 3. The van der Waals surface area contributed by atoms with Crippen molar-refractivity contribution >= 4 is 10.9 Å². The molecule has 0 aliphatic rings. The van der Waals surface area contributed by atoms with Gasteiger partial charge in [-0.15, -0.1) is 0 Å². The standard InChI is InChI=1S/C14H16F3N/c1-10(2)5-7-18-8-6-11-9-12(14(15,16)17)3-4-13(11)18/h3-4,6,8-10H,5,7H2,1-2H3. The average Bonchev–Trinajstić information content (AvgIpc) is 2.67. The lowest BCUT2D eigenvalue weighted by Crippen LogP contribution is -2.04. The molecule has 1 heterocycles. The summed E-state index contributed by atoms with van der Waals surface area (Å²) < 4.78 is 39.7. The second kappa shape index (κ2) is 4.67. The van der Waals surface area contributed by atoms with Crippen LogP contribution in [0.2, 0.25) is 0 Å². The van der Waals surface area contributed by atoms with Crippen molar-refractivity contribution in [3.8, 4) is 0 Å². The Morgan fingerprint density at radius 2 is 1.89 bits per heavy atom. The van der Waals surface area contributed by atoms with Gasteiger partial charge in [-0.1, -0.05) is 13.8 Å². The van der Waals surface area contributed by atoms with Gasteiger partial charge >= 0.3 is 6.18 Å². The first-order chi connectivity index (χ1) is 8.38. The zero-order valence-corrected chi connectivity index (χ0v) is 10.5. The van der Waals surface area contributed by atoms with Crippen LogP contribution in [0.15, 0.2) is 30.5 Å². The van der Waals surface area contributed by atoms with Gasteiger partial charge in [0.1, 0.15) is 0 Å². The van der Waals surface area contributed by atoms with Gasteiger partial charge in [0.15, 0.2) is 0 Å². The minimum Gasteiger partial charge on any atom is -0.347 e. The summed E-state index contributed by atoms with van der Waals surface area (Å²) in [6.45, 7) is 5.10. The molecule has 1 aromatic heterocycles. The van der Waals surface area contributed by atoms with Crippen molar-refractivity contribution in [1.82, 2.24) is 4.57 Å². The molecule has 0 bridgehead atoms. The van der Waals surface area contributed by atoms with Gasteiger partial charge in [-0.05, 0) is 36.6 Å². The maximum atomic E-state index is 12.6. The molecule has 0 N–H and O–H groups in total. The lowest BCUT2D eigenvalue weighted by molar-refractivity contribution is -0.137. The first kappa shape index (κ1) is 13.0. The number of halogens is 3. The molecule has 18 heavy (non-hydrogen) atoms. The van der Waals surface area contributed by atoms with Gasteiger partial charge in [-0.2, -0.15) is 13.2 Å². The van der Waals surface area contributed by atoms with E-state index in [1.807, 2.05) is 10.8 Å². The van der Waals surface area contributed by atoms with Crippen LogP contribution in [0.5, 0.6) is 0 Å². The van der Waals surface area contributed by atoms with Crippen LogP contribution in [0.4, 0.5) is 13.2 Å². The summed E-state index contributed by atoms with van der Waals surface area (Å²) in [5, 5.41) is 0.647. The zero-order valence-electron chi connectivity index (χ0n) is 10.5. The lowest BCUT2D eigenvalue weighted by Gasteiger charge is -2.09. The summed E-state index contributed by atoms with van der Waals surface area (Å²) in [6.07, 6.45) is -1.40. The van der Waals surface area contributed by atoms with E-state index in [2.05, 4.69) is 13.8 Å². The minimum atomic E-state index is -4.27. The van der Waals surface area contributed by atoms with Gasteiger partial charge in [0.25, 0.3) is 0 Å². The number of fused-ring (bicyclic) bond motifs is 1. The molecule has 1 aromatic carbocycles. The molecule has 0 saturated carbocycles. The molecule has 2 aromatic rings. The first-order valence-corrected chi connectivity index (χ1v) is 6.04. The van der Waals surface area contributed by atoms with E-state index >= 15 is 0 Å². The molecule has 1 nitrogen and oxygen atoms in total. The van der Waals surface area contributed by atoms with Crippen LogP contribution in [-0.2, 0) is 12.7 Å². The highest BCUT2D eigenvalue weighted by atomic mass is 19.4. The maximum Gasteiger partial charge on any atom is 0.416 e.